The number of carbonyl (C=O) groups excluding carboxylic acids is 1. The van der Waals surface area contributed by atoms with Crippen molar-refractivity contribution in [3.8, 4) is 0 Å². The second kappa shape index (κ2) is 14.1. The van der Waals surface area contributed by atoms with Gasteiger partial charge in [-0.05, 0) is 45.2 Å². The van der Waals surface area contributed by atoms with Crippen LogP contribution in [0.15, 0.2) is 0 Å². The minimum Gasteiger partial charge on any atom is -0.481 e. The van der Waals surface area contributed by atoms with E-state index in [1.165, 1.54) is 0 Å². The molecule has 0 aromatic rings. The predicted molar refractivity (Wildman–Crippen MR) is 109 cm³/mol. The summed E-state index contributed by atoms with van der Waals surface area (Å²) in [5.74, 6) is -2.48. The first kappa shape index (κ1) is 26.0. The molecule has 1 aliphatic rings. The quantitative estimate of drug-likeness (QED) is 0.445. The average Bonchev–Trinajstić information content (AvgIpc) is 2.63. The lowest BCUT2D eigenvalue weighted by atomic mass is 9.95. The van der Waals surface area contributed by atoms with Gasteiger partial charge in [0.15, 0.2) is 0 Å². The first-order valence-electron chi connectivity index (χ1n) is 10.5. The molecule has 172 valence electrons. The van der Waals surface area contributed by atoms with E-state index >= 15 is 0 Å². The predicted octanol–water partition coefficient (Wildman–Crippen LogP) is 0.316. The van der Waals surface area contributed by atoms with Crippen LogP contribution in [0.5, 0.6) is 0 Å². The fourth-order valence-electron chi connectivity index (χ4n) is 3.63. The molecular formula is C20H35N3O7. The number of nitrogens with zero attached hydrogens (tertiary/aromatic N) is 3. The van der Waals surface area contributed by atoms with Crippen LogP contribution in [-0.2, 0) is 19.2 Å². The standard InChI is InChI=1S/C20H35N3O7/c1-16(24)4-7-21-8-5-17(2-3-18(25)26)6-9-22(14-19(27)28)12-13-23(11-10-21)15-20(29)30/h17H,2-15H2,1H3,(H,25,26)(H,27,28)(H,29,30). The monoisotopic (exact) mass is 429 g/mol. The van der Waals surface area contributed by atoms with E-state index in [-0.39, 0.29) is 31.2 Å². The Morgan fingerprint density at radius 3 is 1.63 bits per heavy atom. The number of hydrogen-bond donors (Lipinski definition) is 3. The summed E-state index contributed by atoms with van der Waals surface area (Å²) < 4.78 is 0. The first-order valence-corrected chi connectivity index (χ1v) is 10.5. The molecule has 0 radical (unpaired) electrons. The minimum absolute atomic E-state index is 0.0728. The first-order chi connectivity index (χ1) is 14.2. The maximum absolute atomic E-state index is 11.4. The van der Waals surface area contributed by atoms with Crippen LogP contribution in [0.3, 0.4) is 0 Å². The number of rotatable bonds is 10. The highest BCUT2D eigenvalue weighted by molar-refractivity contribution is 5.75. The van der Waals surface area contributed by atoms with Crippen LogP contribution in [0.4, 0.5) is 0 Å². The van der Waals surface area contributed by atoms with Gasteiger partial charge in [-0.3, -0.25) is 29.0 Å². The van der Waals surface area contributed by atoms with Gasteiger partial charge >= 0.3 is 17.9 Å². The second-order valence-electron chi connectivity index (χ2n) is 8.01. The van der Waals surface area contributed by atoms with E-state index in [9.17, 15) is 29.4 Å². The van der Waals surface area contributed by atoms with Crippen LogP contribution >= 0.6 is 0 Å². The molecule has 0 aromatic carbocycles. The Bertz CT molecular complexity index is 535. The zero-order chi connectivity index (χ0) is 22.5. The largest absolute Gasteiger partial charge is 0.481 e. The Morgan fingerprint density at radius 2 is 1.17 bits per heavy atom. The third kappa shape index (κ3) is 12.5. The Balaban J connectivity index is 2.88. The van der Waals surface area contributed by atoms with Gasteiger partial charge in [-0.15, -0.1) is 0 Å². The van der Waals surface area contributed by atoms with Crippen molar-refractivity contribution in [2.24, 2.45) is 5.92 Å². The summed E-state index contributed by atoms with van der Waals surface area (Å²) in [6.45, 7) is 5.06. The summed E-state index contributed by atoms with van der Waals surface area (Å²) in [5.41, 5.74) is 0. The molecule has 1 fully saturated rings. The normalized spacial score (nSPS) is 20.8. The molecule has 0 bridgehead atoms. The molecule has 1 rings (SSSR count). The number of aliphatic carboxylic acids is 3. The zero-order valence-electron chi connectivity index (χ0n) is 17.8. The number of carboxylic acid groups (broad SMARTS) is 3. The lowest BCUT2D eigenvalue weighted by Gasteiger charge is -2.32. The molecule has 1 saturated heterocycles. The summed E-state index contributed by atoms with van der Waals surface area (Å²) >= 11 is 0. The van der Waals surface area contributed by atoms with Gasteiger partial charge in [0.1, 0.15) is 5.78 Å². The molecule has 0 aliphatic carbocycles. The van der Waals surface area contributed by atoms with Crippen molar-refractivity contribution in [1.29, 1.82) is 0 Å². The maximum Gasteiger partial charge on any atom is 0.317 e. The van der Waals surface area contributed by atoms with Gasteiger partial charge in [0.2, 0.25) is 0 Å². The molecule has 1 atom stereocenters. The zero-order valence-corrected chi connectivity index (χ0v) is 17.8. The van der Waals surface area contributed by atoms with Gasteiger partial charge in [-0.25, -0.2) is 0 Å². The van der Waals surface area contributed by atoms with Crippen molar-refractivity contribution in [2.75, 3.05) is 58.9 Å². The number of hydrogen-bond acceptors (Lipinski definition) is 7. The highest BCUT2D eigenvalue weighted by Gasteiger charge is 2.20. The summed E-state index contributed by atoms with van der Waals surface area (Å²) in [7, 11) is 0. The van der Waals surface area contributed by atoms with Crippen LogP contribution in [-0.4, -0.2) is 113 Å². The lowest BCUT2D eigenvalue weighted by molar-refractivity contribution is -0.140. The average molecular weight is 430 g/mol. The van der Waals surface area contributed by atoms with Gasteiger partial charge in [0.25, 0.3) is 0 Å². The van der Waals surface area contributed by atoms with Gasteiger partial charge in [0, 0.05) is 45.6 Å². The SMILES string of the molecule is CC(=O)CCN1CCC(CCC(=O)O)CCN(CC(=O)O)CCN(CC(=O)O)CC1. The van der Waals surface area contributed by atoms with Crippen LogP contribution in [0.1, 0.15) is 39.0 Å². The van der Waals surface area contributed by atoms with E-state index in [2.05, 4.69) is 4.90 Å². The van der Waals surface area contributed by atoms with E-state index in [0.29, 0.717) is 65.1 Å². The number of carboxylic acids is 3. The summed E-state index contributed by atoms with van der Waals surface area (Å²) in [6.07, 6.45) is 2.46. The van der Waals surface area contributed by atoms with Gasteiger partial charge in [-0.1, -0.05) is 0 Å². The molecule has 1 aliphatic heterocycles. The Morgan fingerprint density at radius 1 is 0.700 bits per heavy atom. The van der Waals surface area contributed by atoms with Crippen molar-refractivity contribution in [2.45, 2.75) is 39.0 Å². The Kier molecular flexibility index (Phi) is 12.2. The van der Waals surface area contributed by atoms with Crippen molar-refractivity contribution >= 4 is 23.7 Å². The van der Waals surface area contributed by atoms with E-state index in [1.807, 2.05) is 0 Å². The van der Waals surface area contributed by atoms with E-state index in [1.54, 1.807) is 16.7 Å². The van der Waals surface area contributed by atoms with Gasteiger partial charge in [0.05, 0.1) is 13.1 Å². The van der Waals surface area contributed by atoms with Crippen molar-refractivity contribution < 1.29 is 34.5 Å². The van der Waals surface area contributed by atoms with Crippen LogP contribution in [0.2, 0.25) is 0 Å². The van der Waals surface area contributed by atoms with Gasteiger partial charge in [-0.2, -0.15) is 0 Å². The lowest BCUT2D eigenvalue weighted by Crippen LogP contribution is -2.44. The van der Waals surface area contributed by atoms with E-state index in [4.69, 9.17) is 5.11 Å². The molecule has 0 amide bonds. The molecular weight excluding hydrogens is 394 g/mol. The Hall–Kier alpha value is -2.04. The third-order valence-electron chi connectivity index (χ3n) is 5.44. The van der Waals surface area contributed by atoms with Crippen LogP contribution in [0, 0.1) is 5.92 Å². The third-order valence-corrected chi connectivity index (χ3v) is 5.44. The number of Topliss-reactive ketones (excluding diaryl/α,β-unsaturated/α-hetero) is 1. The molecule has 10 nitrogen and oxygen atoms in total. The van der Waals surface area contributed by atoms with Crippen LogP contribution < -0.4 is 0 Å². The fraction of sp³-hybridized carbons (Fsp3) is 0.800. The highest BCUT2D eigenvalue weighted by Crippen LogP contribution is 2.18. The smallest absolute Gasteiger partial charge is 0.317 e. The summed E-state index contributed by atoms with van der Waals surface area (Å²) in [5, 5.41) is 27.4. The molecule has 1 heterocycles. The number of carbonyl (C=O) groups is 4. The summed E-state index contributed by atoms with van der Waals surface area (Å²) in [6, 6.07) is 0. The van der Waals surface area contributed by atoms with Crippen molar-refractivity contribution in [1.82, 2.24) is 14.7 Å². The topological polar surface area (TPSA) is 139 Å². The van der Waals surface area contributed by atoms with Gasteiger partial charge < -0.3 is 20.2 Å². The molecule has 30 heavy (non-hydrogen) atoms. The Labute approximate surface area is 177 Å². The van der Waals surface area contributed by atoms with Crippen molar-refractivity contribution in [3.63, 3.8) is 0 Å². The van der Waals surface area contributed by atoms with E-state index in [0.717, 1.165) is 6.42 Å². The molecule has 0 spiro atoms. The van der Waals surface area contributed by atoms with Crippen molar-refractivity contribution in [3.05, 3.63) is 0 Å². The minimum atomic E-state index is -0.940. The number of ketones is 1. The van der Waals surface area contributed by atoms with Crippen LogP contribution in [0.25, 0.3) is 0 Å². The molecule has 0 saturated carbocycles. The molecule has 0 aromatic heterocycles. The highest BCUT2D eigenvalue weighted by atomic mass is 16.4. The fourth-order valence-corrected chi connectivity index (χ4v) is 3.63. The summed E-state index contributed by atoms with van der Waals surface area (Å²) in [4.78, 5) is 50.6. The molecule has 1 unspecified atom stereocenters. The second-order valence-corrected chi connectivity index (χ2v) is 8.01. The van der Waals surface area contributed by atoms with E-state index < -0.39 is 17.9 Å². The maximum atomic E-state index is 11.4. The molecule has 3 N–H and O–H groups in total. The molecule has 10 heteroatoms.